The molecule has 0 radical (unpaired) electrons. The summed E-state index contributed by atoms with van der Waals surface area (Å²) >= 11 is 0. The molecular weight excluding hydrogens is 280 g/mol. The maximum Gasteiger partial charge on any atom is 0.358 e. The van der Waals surface area contributed by atoms with Gasteiger partial charge in [0.25, 0.3) is 0 Å². The van der Waals surface area contributed by atoms with Crippen LogP contribution in [-0.4, -0.2) is 29.0 Å². The van der Waals surface area contributed by atoms with Crippen LogP contribution in [0.3, 0.4) is 0 Å². The average molecular weight is 300 g/mol. The molecule has 1 aromatic heterocycles. The Balaban J connectivity index is 1.81. The highest BCUT2D eigenvalue weighted by atomic mass is 16.5. The number of fused-ring (bicyclic) bond motifs is 1. The van der Waals surface area contributed by atoms with Gasteiger partial charge < -0.3 is 9.47 Å². The third-order valence-corrected chi connectivity index (χ3v) is 3.71. The number of esters is 1. The topological polar surface area (TPSA) is 53.4 Å². The van der Waals surface area contributed by atoms with E-state index in [9.17, 15) is 4.79 Å². The Morgan fingerprint density at radius 1 is 1.41 bits per heavy atom. The van der Waals surface area contributed by atoms with Crippen molar-refractivity contribution in [2.24, 2.45) is 0 Å². The van der Waals surface area contributed by atoms with Gasteiger partial charge in [0.1, 0.15) is 6.10 Å². The maximum atomic E-state index is 12.0. The second-order valence-corrected chi connectivity index (χ2v) is 5.33. The van der Waals surface area contributed by atoms with Gasteiger partial charge >= 0.3 is 5.97 Å². The van der Waals surface area contributed by atoms with Crippen LogP contribution in [0.1, 0.15) is 47.6 Å². The van der Waals surface area contributed by atoms with E-state index < -0.39 is 0 Å². The molecule has 2 heterocycles. The second kappa shape index (κ2) is 6.75. The second-order valence-electron chi connectivity index (χ2n) is 5.33. The Bertz CT molecular complexity index is 637. The van der Waals surface area contributed by atoms with Gasteiger partial charge in [-0.3, -0.25) is 4.68 Å². The Morgan fingerprint density at radius 3 is 3.00 bits per heavy atom. The molecule has 0 fully saturated rings. The van der Waals surface area contributed by atoms with Gasteiger partial charge in [-0.15, -0.1) is 0 Å². The lowest BCUT2D eigenvalue weighted by Crippen LogP contribution is -2.22. The summed E-state index contributed by atoms with van der Waals surface area (Å²) in [5.74, 6) is -0.359. The molecule has 5 nitrogen and oxygen atoms in total. The van der Waals surface area contributed by atoms with Crippen LogP contribution in [0.25, 0.3) is 0 Å². The maximum absolute atomic E-state index is 12.0. The van der Waals surface area contributed by atoms with E-state index >= 15 is 0 Å². The predicted molar refractivity (Wildman–Crippen MR) is 81.7 cm³/mol. The van der Waals surface area contributed by atoms with Gasteiger partial charge in [0, 0.05) is 0 Å². The lowest BCUT2D eigenvalue weighted by Gasteiger charge is -2.24. The van der Waals surface area contributed by atoms with E-state index in [0.717, 1.165) is 24.1 Å². The Hall–Kier alpha value is -2.14. The van der Waals surface area contributed by atoms with Gasteiger partial charge in [-0.1, -0.05) is 43.7 Å². The van der Waals surface area contributed by atoms with Gasteiger partial charge in [0.15, 0.2) is 5.69 Å². The van der Waals surface area contributed by atoms with E-state index in [4.69, 9.17) is 9.47 Å². The molecule has 0 saturated carbocycles. The normalized spacial score (nSPS) is 17.0. The molecular formula is C17H20N2O3. The minimum Gasteiger partial charge on any atom is -0.461 e. The summed E-state index contributed by atoms with van der Waals surface area (Å²) in [5.41, 5.74) is 2.33. The molecule has 1 aliphatic heterocycles. The number of ether oxygens (including phenoxy) is 2. The number of hydrogen-bond donors (Lipinski definition) is 0. The molecule has 0 bridgehead atoms. The molecule has 1 aromatic carbocycles. The van der Waals surface area contributed by atoms with E-state index in [0.29, 0.717) is 25.5 Å². The van der Waals surface area contributed by atoms with Gasteiger partial charge in [-0.2, -0.15) is 5.10 Å². The fourth-order valence-electron chi connectivity index (χ4n) is 2.54. The van der Waals surface area contributed by atoms with Crippen molar-refractivity contribution in [2.45, 2.75) is 32.4 Å². The van der Waals surface area contributed by atoms with Crippen LogP contribution in [0.15, 0.2) is 36.4 Å². The number of carbonyl (C=O) groups excluding carboxylic acids is 1. The summed E-state index contributed by atoms with van der Waals surface area (Å²) in [7, 11) is 0. The molecule has 0 N–H and O–H groups in total. The van der Waals surface area contributed by atoms with E-state index in [1.165, 1.54) is 0 Å². The summed E-state index contributed by atoms with van der Waals surface area (Å²) in [6.45, 7) is 3.74. The SMILES string of the molecule is CCCCOC(=O)c1cc2n(n1)CCOC2c1ccccc1. The highest BCUT2D eigenvalue weighted by Gasteiger charge is 2.26. The fourth-order valence-corrected chi connectivity index (χ4v) is 2.54. The number of carbonyl (C=O) groups is 1. The monoisotopic (exact) mass is 300 g/mol. The molecule has 3 rings (SSSR count). The number of nitrogens with zero attached hydrogens (tertiary/aromatic N) is 2. The Morgan fingerprint density at radius 2 is 2.23 bits per heavy atom. The summed E-state index contributed by atoms with van der Waals surface area (Å²) in [6, 6.07) is 11.8. The van der Waals surface area contributed by atoms with Crippen molar-refractivity contribution in [1.82, 2.24) is 9.78 Å². The molecule has 0 amide bonds. The van der Waals surface area contributed by atoms with Crippen LogP contribution in [0, 0.1) is 0 Å². The first-order valence-electron chi connectivity index (χ1n) is 7.71. The zero-order valence-corrected chi connectivity index (χ0v) is 12.7. The van der Waals surface area contributed by atoms with Crippen molar-refractivity contribution in [1.29, 1.82) is 0 Å². The van der Waals surface area contributed by atoms with Crippen molar-refractivity contribution in [3.63, 3.8) is 0 Å². The molecule has 116 valence electrons. The summed E-state index contributed by atoms with van der Waals surface area (Å²) in [4.78, 5) is 12.0. The van der Waals surface area contributed by atoms with E-state index in [1.807, 2.05) is 35.0 Å². The van der Waals surface area contributed by atoms with E-state index in [1.54, 1.807) is 6.07 Å². The highest BCUT2D eigenvalue weighted by molar-refractivity contribution is 5.87. The molecule has 0 spiro atoms. The molecule has 1 unspecified atom stereocenters. The summed E-state index contributed by atoms with van der Waals surface area (Å²) in [5, 5.41) is 4.37. The van der Waals surface area contributed by atoms with Crippen molar-refractivity contribution < 1.29 is 14.3 Å². The smallest absolute Gasteiger partial charge is 0.358 e. The quantitative estimate of drug-likeness (QED) is 0.629. The summed E-state index contributed by atoms with van der Waals surface area (Å²) < 4.78 is 12.9. The van der Waals surface area contributed by atoms with Crippen LogP contribution in [0.2, 0.25) is 0 Å². The Labute approximate surface area is 129 Å². The first-order chi connectivity index (χ1) is 10.8. The largest absolute Gasteiger partial charge is 0.461 e. The number of hydrogen-bond acceptors (Lipinski definition) is 4. The van der Waals surface area contributed by atoms with Crippen molar-refractivity contribution in [2.75, 3.05) is 13.2 Å². The van der Waals surface area contributed by atoms with Gasteiger partial charge in [-0.05, 0) is 18.1 Å². The van der Waals surface area contributed by atoms with Gasteiger partial charge in [-0.25, -0.2) is 4.79 Å². The van der Waals surface area contributed by atoms with Crippen LogP contribution in [0.5, 0.6) is 0 Å². The van der Waals surface area contributed by atoms with E-state index in [2.05, 4.69) is 12.0 Å². The molecule has 2 aromatic rings. The van der Waals surface area contributed by atoms with Gasteiger partial charge in [0.05, 0.1) is 25.5 Å². The lowest BCUT2D eigenvalue weighted by molar-refractivity contribution is 0.0416. The first-order valence-corrected chi connectivity index (χ1v) is 7.71. The predicted octanol–water partition coefficient (Wildman–Crippen LogP) is 2.96. The average Bonchev–Trinajstić information content (AvgIpc) is 3.00. The standard InChI is InChI=1S/C17H20N2O3/c1-2-3-10-22-17(20)14-12-15-16(13-7-5-4-6-8-13)21-11-9-19(15)18-14/h4-8,12,16H,2-3,9-11H2,1H3. The van der Waals surface area contributed by atoms with Gasteiger partial charge in [0.2, 0.25) is 0 Å². The molecule has 0 saturated heterocycles. The number of rotatable bonds is 5. The molecule has 22 heavy (non-hydrogen) atoms. The number of unbranched alkanes of at least 4 members (excludes halogenated alkanes) is 1. The van der Waals surface area contributed by atoms with Crippen LogP contribution in [-0.2, 0) is 16.0 Å². The number of aromatic nitrogens is 2. The highest BCUT2D eigenvalue weighted by Crippen LogP contribution is 2.29. The van der Waals surface area contributed by atoms with Crippen LogP contribution >= 0.6 is 0 Å². The molecule has 1 aliphatic rings. The lowest BCUT2D eigenvalue weighted by atomic mass is 10.1. The fraction of sp³-hybridized carbons (Fsp3) is 0.412. The third kappa shape index (κ3) is 3.04. The minimum atomic E-state index is -0.359. The van der Waals surface area contributed by atoms with Crippen molar-refractivity contribution in [3.8, 4) is 0 Å². The Kier molecular flexibility index (Phi) is 4.53. The first kappa shape index (κ1) is 14.8. The molecule has 0 aliphatic carbocycles. The van der Waals surface area contributed by atoms with Crippen molar-refractivity contribution in [3.05, 3.63) is 53.3 Å². The third-order valence-electron chi connectivity index (χ3n) is 3.71. The van der Waals surface area contributed by atoms with Crippen LogP contribution in [0.4, 0.5) is 0 Å². The zero-order valence-electron chi connectivity index (χ0n) is 12.7. The van der Waals surface area contributed by atoms with E-state index in [-0.39, 0.29) is 12.1 Å². The molecule has 5 heteroatoms. The van der Waals surface area contributed by atoms with Crippen LogP contribution < -0.4 is 0 Å². The minimum absolute atomic E-state index is 0.181. The molecule has 1 atom stereocenters. The number of benzene rings is 1. The summed E-state index contributed by atoms with van der Waals surface area (Å²) in [6.07, 6.45) is 1.69. The zero-order chi connectivity index (χ0) is 15.4. The van der Waals surface area contributed by atoms with Crippen molar-refractivity contribution >= 4 is 5.97 Å².